The first-order valence-corrected chi connectivity index (χ1v) is 4.62. The first-order chi connectivity index (χ1) is 6.70. The van der Waals surface area contributed by atoms with E-state index in [1.807, 2.05) is 0 Å². The van der Waals surface area contributed by atoms with Crippen molar-refractivity contribution >= 4 is 34.2 Å². The Morgan fingerprint density at radius 2 is 2.07 bits per heavy atom. The van der Waals surface area contributed by atoms with Gasteiger partial charge in [-0.15, -0.1) is 0 Å². The summed E-state index contributed by atoms with van der Waals surface area (Å²) in [5.74, 6) is 0.451. The third-order valence-electron chi connectivity index (χ3n) is 1.75. The van der Waals surface area contributed by atoms with Crippen LogP contribution >= 0.6 is 23.2 Å². The summed E-state index contributed by atoms with van der Waals surface area (Å²) in [7, 11) is 1.53. The van der Waals surface area contributed by atoms with E-state index in [0.717, 1.165) is 0 Å². The Labute approximate surface area is 90.6 Å². The van der Waals surface area contributed by atoms with Crippen LogP contribution < -0.4 is 4.74 Å². The Morgan fingerprint density at radius 1 is 1.29 bits per heavy atom. The molecule has 0 saturated carbocycles. The Morgan fingerprint density at radius 3 is 2.79 bits per heavy atom. The highest BCUT2D eigenvalue weighted by atomic mass is 35.5. The van der Waals surface area contributed by atoms with Crippen molar-refractivity contribution in [3.8, 4) is 5.88 Å². The number of methoxy groups -OCH3 is 1. The lowest BCUT2D eigenvalue weighted by Gasteiger charge is -2.03. The molecule has 2 aromatic heterocycles. The van der Waals surface area contributed by atoms with Gasteiger partial charge in [-0.1, -0.05) is 23.2 Å². The number of hydrogen-bond donors (Lipinski definition) is 0. The topological polar surface area (TPSA) is 35.0 Å². The maximum atomic E-state index is 5.97. The maximum Gasteiger partial charge on any atom is 0.215 e. The minimum absolute atomic E-state index is 0.451. The van der Waals surface area contributed by atoms with Crippen molar-refractivity contribution in [3.05, 3.63) is 28.4 Å². The summed E-state index contributed by atoms with van der Waals surface area (Å²) in [6.45, 7) is 0. The molecule has 5 heteroatoms. The molecule has 2 aromatic rings. The molecule has 0 N–H and O–H groups in total. The quantitative estimate of drug-likeness (QED) is 0.753. The van der Waals surface area contributed by atoms with Crippen molar-refractivity contribution in [2.45, 2.75) is 0 Å². The summed E-state index contributed by atoms with van der Waals surface area (Å²) in [6, 6.07) is 3.31. The third kappa shape index (κ3) is 1.61. The summed E-state index contributed by atoms with van der Waals surface area (Å²) in [5, 5.41) is 1.03. The van der Waals surface area contributed by atoms with E-state index >= 15 is 0 Å². The van der Waals surface area contributed by atoms with Crippen LogP contribution in [0.3, 0.4) is 0 Å². The zero-order valence-electron chi connectivity index (χ0n) is 7.29. The number of ether oxygens (including phenoxy) is 1. The predicted octanol–water partition coefficient (Wildman–Crippen LogP) is 2.95. The molecule has 0 amide bonds. The molecule has 0 aromatic carbocycles. The SMILES string of the molecule is COc1cc(Cl)c2ncc(Cl)cc2n1. The van der Waals surface area contributed by atoms with E-state index in [9.17, 15) is 0 Å². The van der Waals surface area contributed by atoms with Gasteiger partial charge < -0.3 is 4.74 Å². The van der Waals surface area contributed by atoms with Crippen molar-refractivity contribution in [2.75, 3.05) is 7.11 Å². The van der Waals surface area contributed by atoms with Gasteiger partial charge in [-0.3, -0.25) is 4.98 Å². The van der Waals surface area contributed by atoms with Gasteiger partial charge in [-0.2, -0.15) is 0 Å². The fourth-order valence-electron chi connectivity index (χ4n) is 1.13. The van der Waals surface area contributed by atoms with Crippen molar-refractivity contribution < 1.29 is 4.74 Å². The van der Waals surface area contributed by atoms with Gasteiger partial charge in [0.1, 0.15) is 5.52 Å². The van der Waals surface area contributed by atoms with Crippen molar-refractivity contribution in [2.24, 2.45) is 0 Å². The molecule has 0 atom stereocenters. The predicted molar refractivity (Wildman–Crippen MR) is 56.1 cm³/mol. The van der Waals surface area contributed by atoms with Crippen LogP contribution in [0.2, 0.25) is 10.0 Å². The van der Waals surface area contributed by atoms with Gasteiger partial charge in [0, 0.05) is 12.3 Å². The fraction of sp³-hybridized carbons (Fsp3) is 0.111. The number of nitrogens with zero attached hydrogens (tertiary/aromatic N) is 2. The van der Waals surface area contributed by atoms with E-state index in [1.54, 1.807) is 12.1 Å². The average Bonchev–Trinajstić information content (AvgIpc) is 2.16. The van der Waals surface area contributed by atoms with Crippen LogP contribution in [0.4, 0.5) is 0 Å². The number of pyridine rings is 2. The lowest BCUT2D eigenvalue weighted by atomic mass is 10.3. The van der Waals surface area contributed by atoms with Crippen LogP contribution in [-0.2, 0) is 0 Å². The number of hydrogen-bond acceptors (Lipinski definition) is 3. The van der Waals surface area contributed by atoms with Gasteiger partial charge in [-0.05, 0) is 6.07 Å². The summed E-state index contributed by atoms with van der Waals surface area (Å²) in [4.78, 5) is 8.24. The third-order valence-corrected chi connectivity index (χ3v) is 2.25. The molecular formula is C9H6Cl2N2O. The van der Waals surface area contributed by atoms with Gasteiger partial charge in [0.15, 0.2) is 0 Å². The normalized spacial score (nSPS) is 10.5. The molecule has 0 radical (unpaired) electrons. The smallest absolute Gasteiger partial charge is 0.215 e. The van der Waals surface area contributed by atoms with E-state index in [4.69, 9.17) is 27.9 Å². The molecule has 2 heterocycles. The van der Waals surface area contributed by atoms with E-state index < -0.39 is 0 Å². The number of rotatable bonds is 1. The maximum absolute atomic E-state index is 5.97. The lowest BCUT2D eigenvalue weighted by molar-refractivity contribution is 0.399. The van der Waals surface area contributed by atoms with Crippen molar-refractivity contribution in [1.82, 2.24) is 9.97 Å². The second-order valence-corrected chi connectivity index (χ2v) is 3.51. The fourth-order valence-corrected chi connectivity index (χ4v) is 1.52. The van der Waals surface area contributed by atoms with Crippen molar-refractivity contribution in [1.29, 1.82) is 0 Å². The minimum atomic E-state index is 0.451. The molecule has 14 heavy (non-hydrogen) atoms. The Kier molecular flexibility index (Phi) is 2.44. The van der Waals surface area contributed by atoms with Crippen LogP contribution in [0.5, 0.6) is 5.88 Å². The molecule has 72 valence electrons. The standard InChI is InChI=1S/C9H6Cl2N2O/c1-14-8-3-6(11)9-7(13-8)2-5(10)4-12-9/h2-4H,1H3. The molecule has 2 rings (SSSR count). The van der Waals surface area contributed by atoms with Crippen LogP contribution in [0.15, 0.2) is 18.3 Å². The highest BCUT2D eigenvalue weighted by molar-refractivity contribution is 6.35. The van der Waals surface area contributed by atoms with E-state index in [-0.39, 0.29) is 0 Å². The zero-order chi connectivity index (χ0) is 10.1. The van der Waals surface area contributed by atoms with Crippen LogP contribution in [0.25, 0.3) is 11.0 Å². The number of halogens is 2. The number of aromatic nitrogens is 2. The molecule has 0 aliphatic rings. The highest BCUT2D eigenvalue weighted by Gasteiger charge is 2.05. The summed E-state index contributed by atoms with van der Waals surface area (Å²) < 4.78 is 4.98. The van der Waals surface area contributed by atoms with Gasteiger partial charge in [-0.25, -0.2) is 4.98 Å². The second-order valence-electron chi connectivity index (χ2n) is 2.67. The lowest BCUT2D eigenvalue weighted by Crippen LogP contribution is -1.90. The first kappa shape index (κ1) is 9.49. The first-order valence-electron chi connectivity index (χ1n) is 3.86. The van der Waals surface area contributed by atoms with E-state index in [1.165, 1.54) is 13.3 Å². The highest BCUT2D eigenvalue weighted by Crippen LogP contribution is 2.25. The van der Waals surface area contributed by atoms with Gasteiger partial charge >= 0.3 is 0 Å². The van der Waals surface area contributed by atoms with Gasteiger partial charge in [0.05, 0.1) is 22.7 Å². The van der Waals surface area contributed by atoms with Crippen molar-refractivity contribution in [3.63, 3.8) is 0 Å². The van der Waals surface area contributed by atoms with Gasteiger partial charge in [0.25, 0.3) is 0 Å². The Balaban J connectivity index is 2.77. The Hall–Kier alpha value is -1.06. The minimum Gasteiger partial charge on any atom is -0.481 e. The molecule has 0 fully saturated rings. The summed E-state index contributed by atoms with van der Waals surface area (Å²) >= 11 is 11.7. The van der Waals surface area contributed by atoms with Crippen LogP contribution in [0.1, 0.15) is 0 Å². The largest absolute Gasteiger partial charge is 0.481 e. The molecular weight excluding hydrogens is 223 g/mol. The molecule has 0 aliphatic heterocycles. The molecule has 0 bridgehead atoms. The molecule has 0 unspecified atom stereocenters. The molecule has 0 saturated heterocycles. The zero-order valence-corrected chi connectivity index (χ0v) is 8.80. The second kappa shape index (κ2) is 3.59. The Bertz CT molecular complexity index is 487. The molecule has 3 nitrogen and oxygen atoms in total. The van der Waals surface area contributed by atoms with E-state index in [0.29, 0.717) is 27.0 Å². The average molecular weight is 229 g/mol. The molecule has 0 aliphatic carbocycles. The summed E-state index contributed by atoms with van der Waals surface area (Å²) in [6.07, 6.45) is 1.53. The molecule has 0 spiro atoms. The van der Waals surface area contributed by atoms with Crippen LogP contribution in [-0.4, -0.2) is 17.1 Å². The summed E-state index contributed by atoms with van der Waals surface area (Å²) in [5.41, 5.74) is 1.25. The number of fused-ring (bicyclic) bond motifs is 1. The van der Waals surface area contributed by atoms with E-state index in [2.05, 4.69) is 9.97 Å². The van der Waals surface area contributed by atoms with Gasteiger partial charge in [0.2, 0.25) is 5.88 Å². The van der Waals surface area contributed by atoms with Crippen LogP contribution in [0, 0.1) is 0 Å². The monoisotopic (exact) mass is 228 g/mol.